The molecular formula is C18H18ClN3O2S. The van der Waals surface area contributed by atoms with Crippen LogP contribution in [0, 0.1) is 0 Å². The first-order valence-electron chi connectivity index (χ1n) is 7.77. The molecule has 0 radical (unpaired) electrons. The van der Waals surface area contributed by atoms with E-state index in [2.05, 4.69) is 15.3 Å². The Bertz CT molecular complexity index is 897. The number of nitrogens with one attached hydrogen (secondary N) is 2. The molecule has 3 rings (SSSR count). The summed E-state index contributed by atoms with van der Waals surface area (Å²) in [4.78, 5) is 19.8. The third-order valence-corrected chi connectivity index (χ3v) is 4.97. The van der Waals surface area contributed by atoms with Crippen LogP contribution in [0.5, 0.6) is 5.75 Å². The van der Waals surface area contributed by atoms with E-state index in [1.165, 1.54) is 11.8 Å². The first-order valence-corrected chi connectivity index (χ1v) is 9.13. The second-order valence-electron chi connectivity index (χ2n) is 5.52. The number of methoxy groups -OCH3 is 1. The number of ether oxygens (including phenoxy) is 1. The van der Waals surface area contributed by atoms with Crippen molar-refractivity contribution in [1.29, 1.82) is 0 Å². The summed E-state index contributed by atoms with van der Waals surface area (Å²) >= 11 is 7.52. The van der Waals surface area contributed by atoms with Crippen LogP contribution in [0.2, 0.25) is 5.02 Å². The summed E-state index contributed by atoms with van der Waals surface area (Å²) in [5.41, 5.74) is 2.62. The summed E-state index contributed by atoms with van der Waals surface area (Å²) < 4.78 is 5.20. The lowest BCUT2D eigenvalue weighted by molar-refractivity contribution is -0.119. The molecule has 0 bridgehead atoms. The highest BCUT2D eigenvalue weighted by Crippen LogP contribution is 2.24. The van der Waals surface area contributed by atoms with Gasteiger partial charge in [-0.05, 0) is 30.7 Å². The number of H-pyrrole nitrogens is 1. The standard InChI is InChI=1S/C18H18ClN3O2S/c1-11(13-5-3-4-6-14(13)19)20-17(23)10-25-18-21-15-8-7-12(24-2)9-16(15)22-18/h3-9,11H,10H2,1-2H3,(H,20,23)(H,21,22). The first kappa shape index (κ1) is 17.6. The molecule has 0 aliphatic rings. The summed E-state index contributed by atoms with van der Waals surface area (Å²) in [7, 11) is 1.62. The lowest BCUT2D eigenvalue weighted by Gasteiger charge is -2.15. The van der Waals surface area contributed by atoms with Crippen LogP contribution in [-0.2, 0) is 4.79 Å². The molecule has 0 spiro atoms. The van der Waals surface area contributed by atoms with Crippen LogP contribution >= 0.6 is 23.4 Å². The summed E-state index contributed by atoms with van der Waals surface area (Å²) in [6.45, 7) is 1.91. The Labute approximate surface area is 155 Å². The Morgan fingerprint density at radius 3 is 2.92 bits per heavy atom. The second kappa shape index (κ2) is 7.80. The molecule has 1 unspecified atom stereocenters. The van der Waals surface area contributed by atoms with Gasteiger partial charge in [0.25, 0.3) is 0 Å². The molecule has 0 fully saturated rings. The van der Waals surface area contributed by atoms with Gasteiger partial charge in [-0.2, -0.15) is 0 Å². The number of carbonyl (C=O) groups excluding carboxylic acids is 1. The second-order valence-corrected chi connectivity index (χ2v) is 6.90. The predicted octanol–water partition coefficient (Wildman–Crippen LogP) is 4.19. The van der Waals surface area contributed by atoms with E-state index in [-0.39, 0.29) is 17.7 Å². The highest BCUT2D eigenvalue weighted by atomic mass is 35.5. The number of aromatic nitrogens is 2. The molecule has 0 aliphatic heterocycles. The maximum absolute atomic E-state index is 12.2. The third-order valence-electron chi connectivity index (χ3n) is 3.76. The normalized spacial score (nSPS) is 12.1. The molecule has 7 heteroatoms. The van der Waals surface area contributed by atoms with Crippen molar-refractivity contribution in [2.75, 3.05) is 12.9 Å². The summed E-state index contributed by atoms with van der Waals surface area (Å²) in [6, 6.07) is 13.0. The zero-order valence-electron chi connectivity index (χ0n) is 13.9. The molecule has 130 valence electrons. The quantitative estimate of drug-likeness (QED) is 0.634. The number of rotatable bonds is 6. The topological polar surface area (TPSA) is 67.0 Å². The van der Waals surface area contributed by atoms with Crippen molar-refractivity contribution in [3.63, 3.8) is 0 Å². The van der Waals surface area contributed by atoms with Crippen molar-refractivity contribution in [2.45, 2.75) is 18.1 Å². The highest BCUT2D eigenvalue weighted by Gasteiger charge is 2.13. The van der Waals surface area contributed by atoms with Crippen LogP contribution in [0.15, 0.2) is 47.6 Å². The molecule has 3 aromatic rings. The van der Waals surface area contributed by atoms with Crippen LogP contribution < -0.4 is 10.1 Å². The van der Waals surface area contributed by atoms with Crippen molar-refractivity contribution < 1.29 is 9.53 Å². The van der Waals surface area contributed by atoms with Gasteiger partial charge >= 0.3 is 0 Å². The Kier molecular flexibility index (Phi) is 5.50. The van der Waals surface area contributed by atoms with E-state index < -0.39 is 0 Å². The van der Waals surface area contributed by atoms with Crippen LogP contribution in [0.25, 0.3) is 11.0 Å². The fraction of sp³-hybridized carbons (Fsp3) is 0.222. The van der Waals surface area contributed by atoms with Gasteiger partial charge < -0.3 is 15.0 Å². The number of benzene rings is 2. The molecule has 1 heterocycles. The molecule has 25 heavy (non-hydrogen) atoms. The largest absolute Gasteiger partial charge is 0.497 e. The zero-order chi connectivity index (χ0) is 17.8. The average Bonchev–Trinajstić information content (AvgIpc) is 3.02. The smallest absolute Gasteiger partial charge is 0.230 e. The number of thioether (sulfide) groups is 1. The minimum absolute atomic E-state index is 0.0737. The fourth-order valence-electron chi connectivity index (χ4n) is 2.48. The van der Waals surface area contributed by atoms with Gasteiger partial charge in [0.1, 0.15) is 5.75 Å². The third kappa shape index (κ3) is 4.27. The number of amides is 1. The van der Waals surface area contributed by atoms with E-state index in [0.29, 0.717) is 10.2 Å². The van der Waals surface area contributed by atoms with Crippen LogP contribution in [0.1, 0.15) is 18.5 Å². The van der Waals surface area contributed by atoms with Gasteiger partial charge in [0.15, 0.2) is 5.16 Å². The molecule has 0 saturated carbocycles. The molecular weight excluding hydrogens is 358 g/mol. The Morgan fingerprint density at radius 2 is 2.16 bits per heavy atom. The number of halogens is 1. The van der Waals surface area contributed by atoms with Gasteiger partial charge in [-0.15, -0.1) is 0 Å². The molecule has 2 aromatic carbocycles. The Balaban J connectivity index is 1.59. The summed E-state index contributed by atoms with van der Waals surface area (Å²) in [5, 5.41) is 4.30. The van der Waals surface area contributed by atoms with E-state index in [0.717, 1.165) is 22.3 Å². The van der Waals surface area contributed by atoms with Gasteiger partial charge in [0.2, 0.25) is 5.91 Å². The molecule has 0 aliphatic carbocycles. The maximum Gasteiger partial charge on any atom is 0.230 e. The molecule has 1 aromatic heterocycles. The van der Waals surface area contributed by atoms with Crippen LogP contribution in [0.3, 0.4) is 0 Å². The van der Waals surface area contributed by atoms with Gasteiger partial charge in [-0.25, -0.2) is 4.98 Å². The monoisotopic (exact) mass is 375 g/mol. The van der Waals surface area contributed by atoms with Crippen molar-refractivity contribution in [1.82, 2.24) is 15.3 Å². The number of imidazole rings is 1. The lowest BCUT2D eigenvalue weighted by Crippen LogP contribution is -2.28. The number of hydrogen-bond acceptors (Lipinski definition) is 4. The van der Waals surface area contributed by atoms with E-state index in [1.807, 2.05) is 49.4 Å². The van der Waals surface area contributed by atoms with Crippen molar-refractivity contribution in [2.24, 2.45) is 0 Å². The van der Waals surface area contributed by atoms with E-state index in [9.17, 15) is 4.79 Å². The fourth-order valence-corrected chi connectivity index (χ4v) is 3.48. The Hall–Kier alpha value is -2.18. The van der Waals surface area contributed by atoms with Crippen molar-refractivity contribution in [3.05, 3.63) is 53.1 Å². The minimum atomic E-state index is -0.151. The SMILES string of the molecule is COc1ccc2nc(SCC(=O)NC(C)c3ccccc3Cl)[nH]c2c1. The number of carbonyl (C=O) groups is 1. The predicted molar refractivity (Wildman–Crippen MR) is 101 cm³/mol. The molecule has 0 saturated heterocycles. The summed E-state index contributed by atoms with van der Waals surface area (Å²) in [5.74, 6) is 0.959. The average molecular weight is 376 g/mol. The lowest BCUT2D eigenvalue weighted by atomic mass is 10.1. The molecule has 5 nitrogen and oxygen atoms in total. The van der Waals surface area contributed by atoms with Gasteiger partial charge in [-0.1, -0.05) is 41.6 Å². The molecule has 1 amide bonds. The zero-order valence-corrected chi connectivity index (χ0v) is 15.4. The number of nitrogens with zero attached hydrogens (tertiary/aromatic N) is 1. The van der Waals surface area contributed by atoms with E-state index in [1.54, 1.807) is 7.11 Å². The maximum atomic E-state index is 12.2. The van der Waals surface area contributed by atoms with E-state index in [4.69, 9.17) is 16.3 Å². The minimum Gasteiger partial charge on any atom is -0.497 e. The van der Waals surface area contributed by atoms with Crippen molar-refractivity contribution in [3.8, 4) is 5.75 Å². The molecule has 2 N–H and O–H groups in total. The van der Waals surface area contributed by atoms with Gasteiger partial charge in [0.05, 0.1) is 29.9 Å². The summed E-state index contributed by atoms with van der Waals surface area (Å²) in [6.07, 6.45) is 0. The van der Waals surface area contributed by atoms with Crippen molar-refractivity contribution >= 4 is 40.3 Å². The Morgan fingerprint density at radius 1 is 1.36 bits per heavy atom. The number of hydrogen-bond donors (Lipinski definition) is 2. The number of fused-ring (bicyclic) bond motifs is 1. The molecule has 1 atom stereocenters. The number of aromatic amines is 1. The van der Waals surface area contributed by atoms with Crippen LogP contribution in [0.4, 0.5) is 0 Å². The van der Waals surface area contributed by atoms with Gasteiger partial charge in [-0.3, -0.25) is 4.79 Å². The van der Waals surface area contributed by atoms with Crippen LogP contribution in [-0.4, -0.2) is 28.7 Å². The van der Waals surface area contributed by atoms with E-state index >= 15 is 0 Å². The van der Waals surface area contributed by atoms with Gasteiger partial charge in [0, 0.05) is 11.1 Å². The first-order chi connectivity index (χ1) is 12.1. The highest BCUT2D eigenvalue weighted by molar-refractivity contribution is 7.99.